The molecule has 0 amide bonds. The average molecular weight is 422 g/mol. The third-order valence-corrected chi connectivity index (χ3v) is 4.04. The normalized spacial score (nSPS) is 10.3. The van der Waals surface area contributed by atoms with Gasteiger partial charge in [-0.1, -0.05) is 39.7 Å². The van der Waals surface area contributed by atoms with Gasteiger partial charge in [-0.2, -0.15) is 4.57 Å². The van der Waals surface area contributed by atoms with Gasteiger partial charge in [0.05, 0.1) is 0 Å². The number of aromatic nitrogens is 1. The van der Waals surface area contributed by atoms with Crippen molar-refractivity contribution in [2.75, 3.05) is 0 Å². The largest absolute Gasteiger partial charge is 0.287 e. The summed E-state index contributed by atoms with van der Waals surface area (Å²) in [5.74, 6) is 0.112. The molecular formula is C18H16Br2NO+. The molecule has 0 atom stereocenters. The maximum atomic E-state index is 12.4. The van der Waals surface area contributed by atoms with Crippen LogP contribution in [0.25, 0.3) is 10.9 Å². The first kappa shape index (κ1) is 16.8. The van der Waals surface area contributed by atoms with Crippen LogP contribution in [0.3, 0.4) is 0 Å². The summed E-state index contributed by atoms with van der Waals surface area (Å²) in [7, 11) is 0. The van der Waals surface area contributed by atoms with Gasteiger partial charge >= 0.3 is 0 Å². The van der Waals surface area contributed by atoms with Crippen molar-refractivity contribution in [1.82, 2.24) is 0 Å². The molecule has 0 aliphatic rings. The van der Waals surface area contributed by atoms with Gasteiger partial charge in [-0.05, 0) is 31.2 Å². The molecule has 22 heavy (non-hydrogen) atoms. The lowest BCUT2D eigenvalue weighted by Gasteiger charge is -2.02. The minimum Gasteiger partial charge on any atom is -0.287 e. The molecule has 0 fully saturated rings. The van der Waals surface area contributed by atoms with Crippen LogP contribution in [0.5, 0.6) is 0 Å². The van der Waals surface area contributed by atoms with Crippen molar-refractivity contribution in [2.45, 2.75) is 13.5 Å². The van der Waals surface area contributed by atoms with Crippen LogP contribution in [0, 0.1) is 6.92 Å². The average Bonchev–Trinajstić information content (AvgIpc) is 2.47. The van der Waals surface area contributed by atoms with E-state index in [1.165, 1.54) is 5.56 Å². The molecule has 3 aromatic rings. The number of nitrogens with zero attached hydrogens (tertiary/aromatic N) is 1. The standard InChI is InChI=1S/C18H15BrNO.BrH/c1-13-4-9-17-15(11-13)3-2-10-20(17)12-18(21)14-5-7-16(19)8-6-14;/h2-11H,12H2,1H3;1H/q+1;. The molecule has 0 bridgehead atoms. The van der Waals surface area contributed by atoms with Crippen molar-refractivity contribution in [2.24, 2.45) is 0 Å². The van der Waals surface area contributed by atoms with E-state index < -0.39 is 0 Å². The summed E-state index contributed by atoms with van der Waals surface area (Å²) in [4.78, 5) is 12.4. The fourth-order valence-corrected chi connectivity index (χ4v) is 2.68. The monoisotopic (exact) mass is 420 g/mol. The number of carbonyl (C=O) groups excluding carboxylic acids is 1. The molecule has 0 radical (unpaired) electrons. The molecule has 0 unspecified atom stereocenters. The second-order valence-corrected chi connectivity index (χ2v) is 6.04. The number of rotatable bonds is 3. The summed E-state index contributed by atoms with van der Waals surface area (Å²) in [6.07, 6.45) is 1.95. The molecule has 0 aliphatic heterocycles. The first-order valence-corrected chi connectivity index (χ1v) is 7.60. The quantitative estimate of drug-likeness (QED) is 0.445. The van der Waals surface area contributed by atoms with Gasteiger partial charge in [0, 0.05) is 27.6 Å². The Labute approximate surface area is 148 Å². The van der Waals surface area contributed by atoms with E-state index in [1.807, 2.05) is 41.1 Å². The Morgan fingerprint density at radius 3 is 2.55 bits per heavy atom. The second kappa shape index (κ2) is 7.16. The number of benzene rings is 2. The molecule has 1 heterocycles. The lowest BCUT2D eigenvalue weighted by molar-refractivity contribution is -0.657. The SMILES string of the molecule is Br.Cc1ccc2c(ccc[n+]2CC(=O)c2ccc(Br)cc2)c1. The van der Waals surface area contributed by atoms with Crippen molar-refractivity contribution in [3.8, 4) is 0 Å². The summed E-state index contributed by atoms with van der Waals surface area (Å²) in [5.41, 5.74) is 3.03. The molecule has 2 nitrogen and oxygen atoms in total. The number of pyridine rings is 1. The summed E-state index contributed by atoms with van der Waals surface area (Å²) in [6, 6.07) is 17.8. The molecule has 3 rings (SSSR count). The van der Waals surface area contributed by atoms with Gasteiger partial charge in [0.25, 0.3) is 0 Å². The Bertz CT molecular complexity index is 813. The first-order valence-electron chi connectivity index (χ1n) is 6.81. The van der Waals surface area contributed by atoms with E-state index in [0.29, 0.717) is 6.54 Å². The summed E-state index contributed by atoms with van der Waals surface area (Å²) in [6.45, 7) is 2.42. The van der Waals surface area contributed by atoms with Gasteiger partial charge in [0.2, 0.25) is 17.8 Å². The van der Waals surface area contributed by atoms with E-state index >= 15 is 0 Å². The molecule has 0 aliphatic carbocycles. The summed E-state index contributed by atoms with van der Waals surface area (Å²) >= 11 is 3.38. The molecule has 0 saturated heterocycles. The molecule has 0 N–H and O–H groups in total. The topological polar surface area (TPSA) is 20.9 Å². The zero-order valence-corrected chi connectivity index (χ0v) is 15.4. The lowest BCUT2D eigenvalue weighted by atomic mass is 10.1. The van der Waals surface area contributed by atoms with E-state index in [4.69, 9.17) is 0 Å². The van der Waals surface area contributed by atoms with Gasteiger partial charge < -0.3 is 0 Å². The third-order valence-electron chi connectivity index (χ3n) is 3.51. The highest BCUT2D eigenvalue weighted by Crippen LogP contribution is 2.13. The summed E-state index contributed by atoms with van der Waals surface area (Å²) < 4.78 is 2.98. The number of hydrogen-bond acceptors (Lipinski definition) is 1. The molecule has 2 aromatic carbocycles. The highest BCUT2D eigenvalue weighted by molar-refractivity contribution is 9.10. The maximum Gasteiger partial charge on any atom is 0.227 e. The Hall–Kier alpha value is -1.52. The molecular weight excluding hydrogens is 406 g/mol. The Morgan fingerprint density at radius 1 is 1.09 bits per heavy atom. The number of halogens is 2. The molecule has 0 spiro atoms. The van der Waals surface area contributed by atoms with E-state index in [9.17, 15) is 4.79 Å². The van der Waals surface area contributed by atoms with Crippen LogP contribution in [0.15, 0.2) is 65.3 Å². The fraction of sp³-hybridized carbons (Fsp3) is 0.111. The lowest BCUT2D eigenvalue weighted by Crippen LogP contribution is -2.38. The number of hydrogen-bond donors (Lipinski definition) is 0. The predicted molar refractivity (Wildman–Crippen MR) is 97.7 cm³/mol. The minimum atomic E-state index is 0. The molecule has 112 valence electrons. The van der Waals surface area contributed by atoms with E-state index in [0.717, 1.165) is 20.9 Å². The van der Waals surface area contributed by atoms with Gasteiger partial charge in [-0.25, -0.2) is 0 Å². The Kier molecular flexibility index (Phi) is 5.48. The van der Waals surface area contributed by atoms with Crippen LogP contribution < -0.4 is 4.57 Å². The summed E-state index contributed by atoms with van der Waals surface area (Å²) in [5, 5.41) is 1.15. The highest BCUT2D eigenvalue weighted by Gasteiger charge is 2.15. The molecule has 1 aromatic heterocycles. The van der Waals surface area contributed by atoms with Crippen LogP contribution in [0.1, 0.15) is 15.9 Å². The van der Waals surface area contributed by atoms with Crippen molar-refractivity contribution >= 4 is 49.6 Å². The minimum absolute atomic E-state index is 0. The van der Waals surface area contributed by atoms with E-state index in [1.54, 1.807) is 0 Å². The van der Waals surface area contributed by atoms with Crippen LogP contribution in [-0.2, 0) is 6.54 Å². The highest BCUT2D eigenvalue weighted by atomic mass is 79.9. The number of aryl methyl sites for hydroxylation is 1. The van der Waals surface area contributed by atoms with Gasteiger partial charge in [0.1, 0.15) is 0 Å². The van der Waals surface area contributed by atoms with Crippen LogP contribution in [-0.4, -0.2) is 5.78 Å². The first-order chi connectivity index (χ1) is 10.1. The molecule has 4 heteroatoms. The number of fused-ring (bicyclic) bond motifs is 1. The molecule has 0 saturated carbocycles. The van der Waals surface area contributed by atoms with Crippen LogP contribution in [0.4, 0.5) is 0 Å². The Morgan fingerprint density at radius 2 is 1.82 bits per heavy atom. The van der Waals surface area contributed by atoms with Crippen LogP contribution >= 0.6 is 32.9 Å². The fourth-order valence-electron chi connectivity index (χ4n) is 2.42. The van der Waals surface area contributed by atoms with Crippen molar-refractivity contribution in [3.05, 3.63) is 76.4 Å². The number of carbonyl (C=O) groups is 1. The zero-order valence-electron chi connectivity index (χ0n) is 12.1. The predicted octanol–water partition coefficient (Wildman–Crippen LogP) is 4.66. The van der Waals surface area contributed by atoms with Crippen LogP contribution in [0.2, 0.25) is 0 Å². The maximum absolute atomic E-state index is 12.4. The van der Waals surface area contributed by atoms with Gasteiger partial charge in [0.15, 0.2) is 6.20 Å². The van der Waals surface area contributed by atoms with Crippen molar-refractivity contribution < 1.29 is 9.36 Å². The number of Topliss-reactive ketones (excluding diaryl/α,β-unsaturated/α-hetero) is 1. The van der Waals surface area contributed by atoms with E-state index in [2.05, 4.69) is 47.1 Å². The third kappa shape index (κ3) is 3.62. The van der Waals surface area contributed by atoms with Gasteiger partial charge in [-0.15, -0.1) is 17.0 Å². The van der Waals surface area contributed by atoms with Crippen molar-refractivity contribution in [1.29, 1.82) is 0 Å². The number of ketones is 1. The van der Waals surface area contributed by atoms with E-state index in [-0.39, 0.29) is 22.8 Å². The zero-order chi connectivity index (χ0) is 14.8. The smallest absolute Gasteiger partial charge is 0.227 e. The van der Waals surface area contributed by atoms with Crippen molar-refractivity contribution in [3.63, 3.8) is 0 Å². The van der Waals surface area contributed by atoms with Gasteiger partial charge in [-0.3, -0.25) is 4.79 Å². The second-order valence-electron chi connectivity index (χ2n) is 5.13. The Balaban J connectivity index is 0.00000176.